The summed E-state index contributed by atoms with van der Waals surface area (Å²) < 4.78 is 5.58. The number of carbonyl (C=O) groups excluding carboxylic acids is 1. The minimum absolute atomic E-state index is 0.102. The van der Waals surface area contributed by atoms with Gasteiger partial charge in [-0.25, -0.2) is 0 Å². The predicted octanol–water partition coefficient (Wildman–Crippen LogP) is 2.99. The summed E-state index contributed by atoms with van der Waals surface area (Å²) in [5.41, 5.74) is -0.149. The first kappa shape index (κ1) is 16.4. The van der Waals surface area contributed by atoms with Crippen molar-refractivity contribution in [3.63, 3.8) is 0 Å². The molecule has 3 heteroatoms. The number of hydrogen-bond acceptors (Lipinski definition) is 2. The van der Waals surface area contributed by atoms with Crippen LogP contribution >= 0.6 is 0 Å². The van der Waals surface area contributed by atoms with Crippen LogP contribution in [0.2, 0.25) is 0 Å². The van der Waals surface area contributed by atoms with Crippen LogP contribution in [0.5, 0.6) is 0 Å². The first-order valence-electron chi connectivity index (χ1n) is 6.70. The van der Waals surface area contributed by atoms with Gasteiger partial charge < -0.3 is 10.1 Å². The smallest absolute Gasteiger partial charge is 0.222 e. The zero-order valence-electron chi connectivity index (χ0n) is 12.3. The number of nitrogens with one attached hydrogen (secondary N) is 1. The molecule has 0 spiro atoms. The zero-order valence-corrected chi connectivity index (χ0v) is 12.3. The molecule has 1 atom stereocenters. The van der Waals surface area contributed by atoms with Gasteiger partial charge in [0.1, 0.15) is 0 Å². The van der Waals surface area contributed by atoms with Gasteiger partial charge in [-0.2, -0.15) is 0 Å². The molecule has 0 aliphatic rings. The van der Waals surface area contributed by atoms with Gasteiger partial charge >= 0.3 is 0 Å². The molecule has 0 bridgehead atoms. The molecule has 0 aromatic carbocycles. The first-order valence-corrected chi connectivity index (χ1v) is 6.70. The second-order valence-corrected chi connectivity index (χ2v) is 5.76. The molecule has 0 fully saturated rings. The fourth-order valence-corrected chi connectivity index (χ4v) is 1.94. The molecular formula is C14H29NO2. The fraction of sp³-hybridized carbons (Fsp3) is 0.929. The molecule has 3 nitrogen and oxygen atoms in total. The summed E-state index contributed by atoms with van der Waals surface area (Å²) in [6, 6.07) is 0. The molecule has 0 saturated heterocycles. The van der Waals surface area contributed by atoms with Crippen molar-refractivity contribution in [3.05, 3.63) is 0 Å². The molecule has 1 amide bonds. The molecule has 0 aromatic rings. The number of carbonyl (C=O) groups is 1. The highest BCUT2D eigenvalue weighted by atomic mass is 16.5. The van der Waals surface area contributed by atoms with Gasteiger partial charge in [-0.1, -0.05) is 20.8 Å². The second kappa shape index (κ2) is 7.70. The summed E-state index contributed by atoms with van der Waals surface area (Å²) in [5.74, 6) is 0.826. The minimum atomic E-state index is -0.149. The summed E-state index contributed by atoms with van der Waals surface area (Å²) in [6.45, 7) is 13.8. The lowest BCUT2D eigenvalue weighted by molar-refractivity contribution is -0.125. The highest BCUT2D eigenvalue weighted by Gasteiger charge is 2.19. The standard InChI is InChI=1S/C14H29NO2/c1-7-17-14(5,6)8-9-15-13(16)12(4)10-11(2)3/h11-12H,7-10H2,1-6H3,(H,15,16). The van der Waals surface area contributed by atoms with Crippen molar-refractivity contribution in [2.24, 2.45) is 11.8 Å². The SMILES string of the molecule is CCOC(C)(C)CCNC(=O)C(C)CC(C)C. The predicted molar refractivity (Wildman–Crippen MR) is 72.0 cm³/mol. The molecule has 0 rings (SSSR count). The van der Waals surface area contributed by atoms with E-state index in [1.807, 2.05) is 13.8 Å². The lowest BCUT2D eigenvalue weighted by atomic mass is 9.98. The Morgan fingerprint density at radius 1 is 1.29 bits per heavy atom. The van der Waals surface area contributed by atoms with Gasteiger partial charge in [0, 0.05) is 19.1 Å². The number of hydrogen-bond donors (Lipinski definition) is 1. The third-order valence-corrected chi connectivity index (χ3v) is 2.83. The van der Waals surface area contributed by atoms with E-state index in [4.69, 9.17) is 4.74 Å². The molecule has 0 saturated carbocycles. The van der Waals surface area contributed by atoms with Crippen LogP contribution in [0.4, 0.5) is 0 Å². The molecule has 1 N–H and O–H groups in total. The van der Waals surface area contributed by atoms with Gasteiger partial charge in [-0.05, 0) is 39.5 Å². The Kier molecular flexibility index (Phi) is 7.44. The number of rotatable bonds is 8. The van der Waals surface area contributed by atoms with Crippen molar-refractivity contribution in [2.45, 2.75) is 60.0 Å². The maximum atomic E-state index is 11.8. The van der Waals surface area contributed by atoms with E-state index in [1.165, 1.54) is 0 Å². The first-order chi connectivity index (χ1) is 7.78. The van der Waals surface area contributed by atoms with E-state index in [1.54, 1.807) is 0 Å². The van der Waals surface area contributed by atoms with Crippen LogP contribution in [0.15, 0.2) is 0 Å². The van der Waals surface area contributed by atoms with Crippen LogP contribution in [0.25, 0.3) is 0 Å². The Morgan fingerprint density at radius 3 is 2.35 bits per heavy atom. The topological polar surface area (TPSA) is 38.3 Å². The highest BCUT2D eigenvalue weighted by Crippen LogP contribution is 2.14. The molecular weight excluding hydrogens is 214 g/mol. The lowest BCUT2D eigenvalue weighted by Gasteiger charge is -2.25. The third-order valence-electron chi connectivity index (χ3n) is 2.83. The molecule has 1 unspecified atom stereocenters. The van der Waals surface area contributed by atoms with Gasteiger partial charge in [0.2, 0.25) is 5.91 Å². The molecule has 17 heavy (non-hydrogen) atoms. The maximum Gasteiger partial charge on any atom is 0.222 e. The molecule has 0 aliphatic carbocycles. The molecule has 0 heterocycles. The lowest BCUT2D eigenvalue weighted by Crippen LogP contribution is -2.35. The summed E-state index contributed by atoms with van der Waals surface area (Å²) in [5, 5.41) is 2.98. The van der Waals surface area contributed by atoms with E-state index in [9.17, 15) is 4.79 Å². The Hall–Kier alpha value is -0.570. The molecule has 0 aliphatic heterocycles. The summed E-state index contributed by atoms with van der Waals surface area (Å²) in [7, 11) is 0. The molecule has 102 valence electrons. The van der Waals surface area contributed by atoms with E-state index in [-0.39, 0.29) is 17.4 Å². The average Bonchev–Trinajstić information content (AvgIpc) is 2.15. The minimum Gasteiger partial charge on any atom is -0.376 e. The van der Waals surface area contributed by atoms with Gasteiger partial charge in [0.05, 0.1) is 5.60 Å². The van der Waals surface area contributed by atoms with Gasteiger partial charge in [-0.3, -0.25) is 4.79 Å². The van der Waals surface area contributed by atoms with E-state index in [2.05, 4.69) is 33.0 Å². The van der Waals surface area contributed by atoms with Crippen LogP contribution in [-0.2, 0) is 9.53 Å². The van der Waals surface area contributed by atoms with Crippen molar-refractivity contribution in [1.82, 2.24) is 5.32 Å². The summed E-state index contributed by atoms with van der Waals surface area (Å²) in [4.78, 5) is 11.8. The second-order valence-electron chi connectivity index (χ2n) is 5.76. The van der Waals surface area contributed by atoms with Gasteiger partial charge in [0.25, 0.3) is 0 Å². The number of ether oxygens (including phenoxy) is 1. The Balaban J connectivity index is 3.85. The van der Waals surface area contributed by atoms with Gasteiger partial charge in [-0.15, -0.1) is 0 Å². The number of amides is 1. The van der Waals surface area contributed by atoms with E-state index >= 15 is 0 Å². The van der Waals surface area contributed by atoms with Gasteiger partial charge in [0.15, 0.2) is 0 Å². The Morgan fingerprint density at radius 2 is 1.88 bits per heavy atom. The highest BCUT2D eigenvalue weighted by molar-refractivity contribution is 5.78. The van der Waals surface area contributed by atoms with Crippen LogP contribution in [0.1, 0.15) is 54.4 Å². The van der Waals surface area contributed by atoms with Crippen LogP contribution < -0.4 is 5.32 Å². The quantitative estimate of drug-likeness (QED) is 0.711. The van der Waals surface area contributed by atoms with Crippen molar-refractivity contribution in [3.8, 4) is 0 Å². The van der Waals surface area contributed by atoms with Crippen molar-refractivity contribution in [2.75, 3.05) is 13.2 Å². The maximum absolute atomic E-state index is 11.8. The summed E-state index contributed by atoms with van der Waals surface area (Å²) >= 11 is 0. The van der Waals surface area contributed by atoms with E-state index in [0.29, 0.717) is 19.1 Å². The monoisotopic (exact) mass is 243 g/mol. The molecule has 0 aromatic heterocycles. The fourth-order valence-electron chi connectivity index (χ4n) is 1.94. The largest absolute Gasteiger partial charge is 0.376 e. The van der Waals surface area contributed by atoms with Crippen molar-refractivity contribution in [1.29, 1.82) is 0 Å². The Bertz CT molecular complexity index is 224. The summed E-state index contributed by atoms with van der Waals surface area (Å²) in [6.07, 6.45) is 1.79. The molecule has 0 radical (unpaired) electrons. The normalized spacial score (nSPS) is 13.8. The van der Waals surface area contributed by atoms with E-state index in [0.717, 1.165) is 12.8 Å². The van der Waals surface area contributed by atoms with Crippen molar-refractivity contribution < 1.29 is 9.53 Å². The van der Waals surface area contributed by atoms with Crippen LogP contribution in [0, 0.1) is 11.8 Å². The van der Waals surface area contributed by atoms with E-state index < -0.39 is 0 Å². The Labute approximate surface area is 106 Å². The third kappa shape index (κ3) is 8.19. The average molecular weight is 243 g/mol. The van der Waals surface area contributed by atoms with Crippen molar-refractivity contribution >= 4 is 5.91 Å². The van der Waals surface area contributed by atoms with Crippen LogP contribution in [0.3, 0.4) is 0 Å². The van der Waals surface area contributed by atoms with Crippen LogP contribution in [-0.4, -0.2) is 24.7 Å². The zero-order chi connectivity index (χ0) is 13.5.